The van der Waals surface area contributed by atoms with Crippen LogP contribution < -0.4 is 15.9 Å². The number of aromatic nitrogens is 2. The second-order valence-corrected chi connectivity index (χ2v) is 13.6. The zero-order valence-electron chi connectivity index (χ0n) is 25.4. The van der Waals surface area contributed by atoms with Crippen LogP contribution in [0.5, 0.6) is 0 Å². The van der Waals surface area contributed by atoms with E-state index in [1.165, 1.54) is 23.9 Å². The lowest BCUT2D eigenvalue weighted by Gasteiger charge is -2.38. The van der Waals surface area contributed by atoms with Gasteiger partial charge in [0, 0.05) is 80.5 Å². The van der Waals surface area contributed by atoms with Crippen molar-refractivity contribution in [2.24, 2.45) is 0 Å². The molecule has 1 aromatic heterocycles. The number of carbonyl (C=O) groups excluding carboxylic acids is 1. The molecule has 3 aromatic rings. The third-order valence-electron chi connectivity index (χ3n) is 8.28. The SMILES string of the molecule is CC(C)(C)OC(=O)N1CCN(c2nc(=O)n3c4c(c(-c5ccc(F)cc5)c(C(F)(F)F)cc24)SC[C@@H]3CN2CCNCC2)CC1. The Morgan fingerprint density at radius 3 is 2.33 bits per heavy atom. The van der Waals surface area contributed by atoms with Crippen molar-refractivity contribution in [3.05, 3.63) is 52.2 Å². The summed E-state index contributed by atoms with van der Waals surface area (Å²) in [5.74, 6) is -0.00728. The van der Waals surface area contributed by atoms with E-state index in [1.807, 2.05) is 0 Å². The van der Waals surface area contributed by atoms with E-state index < -0.39 is 34.9 Å². The summed E-state index contributed by atoms with van der Waals surface area (Å²) in [5, 5.41) is 3.54. The monoisotopic (exact) mass is 648 g/mol. The molecule has 4 heterocycles. The molecule has 0 radical (unpaired) electrons. The molecule has 6 rings (SSSR count). The zero-order chi connectivity index (χ0) is 32.1. The van der Waals surface area contributed by atoms with E-state index in [0.29, 0.717) is 22.7 Å². The average Bonchev–Trinajstić information content (AvgIpc) is 2.98. The van der Waals surface area contributed by atoms with Gasteiger partial charge in [0.25, 0.3) is 0 Å². The number of nitrogens with zero attached hydrogens (tertiary/aromatic N) is 5. The number of rotatable bonds is 4. The number of piperazine rings is 2. The van der Waals surface area contributed by atoms with Crippen LogP contribution >= 0.6 is 11.8 Å². The smallest absolute Gasteiger partial charge is 0.417 e. The Balaban J connectivity index is 1.49. The number of benzene rings is 2. The minimum absolute atomic E-state index is 0.0688. The molecule has 1 atom stereocenters. The predicted molar refractivity (Wildman–Crippen MR) is 165 cm³/mol. The molecular weight excluding hydrogens is 612 g/mol. The summed E-state index contributed by atoms with van der Waals surface area (Å²) in [6.45, 7) is 10.2. The quantitative estimate of drug-likeness (QED) is 0.403. The average molecular weight is 649 g/mol. The maximum absolute atomic E-state index is 14.8. The molecule has 0 bridgehead atoms. The summed E-state index contributed by atoms with van der Waals surface area (Å²) >= 11 is 1.30. The van der Waals surface area contributed by atoms with E-state index >= 15 is 0 Å². The van der Waals surface area contributed by atoms with Gasteiger partial charge in [-0.05, 0) is 44.5 Å². The minimum atomic E-state index is -4.74. The van der Waals surface area contributed by atoms with Crippen molar-refractivity contribution in [1.82, 2.24) is 24.7 Å². The van der Waals surface area contributed by atoms with Crippen LogP contribution in [-0.4, -0.2) is 95.7 Å². The molecule has 0 spiro atoms. The number of ether oxygens (including phenoxy) is 1. The second-order valence-electron chi connectivity index (χ2n) is 12.6. The summed E-state index contributed by atoms with van der Waals surface area (Å²) in [6, 6.07) is 5.75. The van der Waals surface area contributed by atoms with Gasteiger partial charge < -0.3 is 19.9 Å². The van der Waals surface area contributed by atoms with Crippen molar-refractivity contribution < 1.29 is 27.1 Å². The molecule has 1 amide bonds. The fourth-order valence-electron chi connectivity index (χ4n) is 6.21. The number of anilines is 1. The maximum atomic E-state index is 14.8. The lowest BCUT2D eigenvalue weighted by molar-refractivity contribution is -0.137. The molecule has 9 nitrogen and oxygen atoms in total. The Labute approximate surface area is 262 Å². The number of hydrogen-bond acceptors (Lipinski definition) is 8. The van der Waals surface area contributed by atoms with E-state index in [2.05, 4.69) is 15.2 Å². The molecule has 3 aliphatic rings. The van der Waals surface area contributed by atoms with Gasteiger partial charge in [0.2, 0.25) is 0 Å². The van der Waals surface area contributed by atoms with Gasteiger partial charge in [-0.2, -0.15) is 18.2 Å². The van der Waals surface area contributed by atoms with Crippen LogP contribution in [0.4, 0.5) is 28.2 Å². The Morgan fingerprint density at radius 1 is 1.04 bits per heavy atom. The van der Waals surface area contributed by atoms with Crippen molar-refractivity contribution in [2.45, 2.75) is 43.5 Å². The molecule has 3 aliphatic heterocycles. The number of hydrogen-bond donors (Lipinski definition) is 1. The Bertz CT molecular complexity index is 1640. The fourth-order valence-corrected chi connectivity index (χ4v) is 7.54. The first-order valence-electron chi connectivity index (χ1n) is 15.1. The third-order valence-corrected chi connectivity index (χ3v) is 9.52. The summed E-state index contributed by atoms with van der Waals surface area (Å²) in [5.41, 5.74) is -1.51. The van der Waals surface area contributed by atoms with Crippen LogP contribution in [0.15, 0.2) is 40.0 Å². The van der Waals surface area contributed by atoms with Gasteiger partial charge in [-0.3, -0.25) is 9.47 Å². The molecule has 45 heavy (non-hydrogen) atoms. The molecule has 2 saturated heterocycles. The predicted octanol–water partition coefficient (Wildman–Crippen LogP) is 4.83. The minimum Gasteiger partial charge on any atom is -0.444 e. The van der Waals surface area contributed by atoms with Crippen molar-refractivity contribution in [2.75, 3.05) is 69.6 Å². The van der Waals surface area contributed by atoms with Gasteiger partial charge in [-0.1, -0.05) is 12.1 Å². The van der Waals surface area contributed by atoms with E-state index in [1.54, 1.807) is 35.1 Å². The van der Waals surface area contributed by atoms with E-state index in [4.69, 9.17) is 4.74 Å². The molecular formula is C31H36F4N6O3S. The van der Waals surface area contributed by atoms with Crippen LogP contribution in [0.1, 0.15) is 32.4 Å². The van der Waals surface area contributed by atoms with Gasteiger partial charge in [0.05, 0.1) is 17.1 Å². The highest BCUT2D eigenvalue weighted by Gasteiger charge is 2.40. The normalized spacial score (nSPS) is 19.7. The van der Waals surface area contributed by atoms with Crippen LogP contribution in [0.2, 0.25) is 0 Å². The summed E-state index contributed by atoms with van der Waals surface area (Å²) < 4.78 is 65.4. The highest BCUT2D eigenvalue weighted by Crippen LogP contribution is 2.49. The number of nitrogens with one attached hydrogen (secondary N) is 1. The van der Waals surface area contributed by atoms with E-state index in [-0.39, 0.29) is 54.6 Å². The van der Waals surface area contributed by atoms with Crippen molar-refractivity contribution in [3.63, 3.8) is 0 Å². The molecule has 1 N–H and O–H groups in total. The second kappa shape index (κ2) is 12.1. The van der Waals surface area contributed by atoms with Crippen LogP contribution in [-0.2, 0) is 10.9 Å². The fraction of sp³-hybridized carbons (Fsp3) is 0.516. The molecule has 0 aliphatic carbocycles. The van der Waals surface area contributed by atoms with Crippen LogP contribution in [0.3, 0.4) is 0 Å². The summed E-state index contributed by atoms with van der Waals surface area (Å²) in [6.07, 6.45) is -5.21. The highest BCUT2D eigenvalue weighted by molar-refractivity contribution is 7.99. The molecule has 0 saturated carbocycles. The first kappa shape index (κ1) is 31.6. The van der Waals surface area contributed by atoms with Gasteiger partial charge in [-0.25, -0.2) is 14.0 Å². The first-order chi connectivity index (χ1) is 21.3. The van der Waals surface area contributed by atoms with Crippen LogP contribution in [0.25, 0.3) is 22.0 Å². The first-order valence-corrected chi connectivity index (χ1v) is 16.0. The topological polar surface area (TPSA) is 82.9 Å². The highest BCUT2D eigenvalue weighted by atomic mass is 32.2. The summed E-state index contributed by atoms with van der Waals surface area (Å²) in [7, 11) is 0. The molecule has 14 heteroatoms. The van der Waals surface area contributed by atoms with Crippen LogP contribution in [0, 0.1) is 5.82 Å². The molecule has 2 aromatic carbocycles. The molecule has 242 valence electrons. The van der Waals surface area contributed by atoms with Crippen molar-refractivity contribution >= 4 is 34.6 Å². The molecule has 2 fully saturated rings. The summed E-state index contributed by atoms with van der Waals surface area (Å²) in [4.78, 5) is 36.9. The van der Waals surface area contributed by atoms with Crippen molar-refractivity contribution in [1.29, 1.82) is 0 Å². The van der Waals surface area contributed by atoms with Gasteiger partial charge in [0.15, 0.2) is 0 Å². The van der Waals surface area contributed by atoms with Gasteiger partial charge in [-0.15, -0.1) is 11.8 Å². The van der Waals surface area contributed by atoms with Gasteiger partial charge in [0.1, 0.15) is 17.2 Å². The van der Waals surface area contributed by atoms with Gasteiger partial charge >= 0.3 is 18.0 Å². The maximum Gasteiger partial charge on any atom is 0.417 e. The van der Waals surface area contributed by atoms with Crippen molar-refractivity contribution in [3.8, 4) is 11.1 Å². The lowest BCUT2D eigenvalue weighted by Crippen LogP contribution is -2.51. The largest absolute Gasteiger partial charge is 0.444 e. The Hall–Kier alpha value is -3.36. The molecule has 0 unspecified atom stereocenters. The number of thioether (sulfide) groups is 1. The number of amides is 1. The van der Waals surface area contributed by atoms with E-state index in [9.17, 15) is 27.2 Å². The van der Waals surface area contributed by atoms with E-state index in [0.717, 1.165) is 44.4 Å². The third kappa shape index (κ3) is 6.50. The Kier molecular flexibility index (Phi) is 8.50. The number of halogens is 4. The number of alkyl halides is 3. The number of carbonyl (C=O) groups is 1. The standard InChI is InChI=1S/C31H36F4N6O3S/c1-30(2,3)44-29(43)40-14-12-39(13-15-40)27-22-16-23(31(33,34)35)24(19-4-6-20(32)7-5-19)26-25(22)41(28(42)37-27)21(18-45-26)17-38-10-8-36-9-11-38/h4-7,16,21,36H,8-15,17-18H2,1-3H3/t21-/m0/s1. The Morgan fingerprint density at radius 2 is 1.71 bits per heavy atom. The zero-order valence-corrected chi connectivity index (χ0v) is 26.2. The lowest BCUT2D eigenvalue weighted by atomic mass is 9.96.